The van der Waals surface area contributed by atoms with Crippen LogP contribution in [0.15, 0.2) is 30.3 Å². The van der Waals surface area contributed by atoms with E-state index in [0.29, 0.717) is 19.0 Å². The van der Waals surface area contributed by atoms with Crippen LogP contribution in [-0.4, -0.2) is 47.6 Å². The van der Waals surface area contributed by atoms with Crippen LogP contribution in [0.5, 0.6) is 0 Å². The predicted octanol–water partition coefficient (Wildman–Crippen LogP) is 1.74. The van der Waals surface area contributed by atoms with Crippen molar-refractivity contribution in [2.24, 2.45) is 5.92 Å². The topological polar surface area (TPSA) is 69.6 Å². The second-order valence-corrected chi connectivity index (χ2v) is 6.67. The second-order valence-electron chi connectivity index (χ2n) is 6.67. The number of benzene rings is 1. The van der Waals surface area contributed by atoms with Crippen molar-refractivity contribution >= 4 is 11.8 Å². The molecule has 0 heterocycles. The van der Waals surface area contributed by atoms with Gasteiger partial charge in [-0.2, -0.15) is 0 Å². The van der Waals surface area contributed by atoms with Crippen molar-refractivity contribution in [3.05, 3.63) is 35.9 Å². The molecule has 2 amide bonds. The minimum atomic E-state index is -0.236. The number of rotatable bonds is 7. The van der Waals surface area contributed by atoms with Gasteiger partial charge >= 0.3 is 0 Å². The lowest BCUT2D eigenvalue weighted by atomic mass is 9.87. The van der Waals surface area contributed by atoms with Crippen molar-refractivity contribution in [3.8, 4) is 0 Å². The third-order valence-electron chi connectivity index (χ3n) is 4.64. The van der Waals surface area contributed by atoms with Crippen LogP contribution in [0, 0.1) is 5.92 Å². The summed E-state index contributed by atoms with van der Waals surface area (Å²) in [5.74, 6) is 0.125. The molecule has 0 aliphatic heterocycles. The molecule has 5 heteroatoms. The molecule has 0 radical (unpaired) electrons. The predicted molar refractivity (Wildman–Crippen MR) is 93.4 cm³/mol. The van der Waals surface area contributed by atoms with Crippen molar-refractivity contribution in [2.45, 2.75) is 45.1 Å². The summed E-state index contributed by atoms with van der Waals surface area (Å²) >= 11 is 0. The molecule has 132 valence electrons. The third-order valence-corrected chi connectivity index (χ3v) is 4.64. The lowest BCUT2D eigenvalue weighted by molar-refractivity contribution is -0.134. The Balaban J connectivity index is 1.75. The van der Waals surface area contributed by atoms with E-state index in [1.165, 1.54) is 6.92 Å². The Kier molecular flexibility index (Phi) is 7.25. The van der Waals surface area contributed by atoms with Crippen molar-refractivity contribution in [1.29, 1.82) is 0 Å². The van der Waals surface area contributed by atoms with E-state index in [9.17, 15) is 14.7 Å². The van der Waals surface area contributed by atoms with Gasteiger partial charge in [-0.3, -0.25) is 9.59 Å². The molecule has 2 atom stereocenters. The number of nitrogens with zero attached hydrogens (tertiary/aromatic N) is 1. The van der Waals surface area contributed by atoms with Gasteiger partial charge in [0.05, 0.1) is 12.6 Å². The van der Waals surface area contributed by atoms with E-state index in [1.807, 2.05) is 30.3 Å². The molecule has 1 aliphatic carbocycles. The number of nitrogens with one attached hydrogen (secondary N) is 1. The first-order valence-electron chi connectivity index (χ1n) is 8.79. The van der Waals surface area contributed by atoms with Gasteiger partial charge in [-0.1, -0.05) is 36.8 Å². The molecule has 1 saturated carbocycles. The summed E-state index contributed by atoms with van der Waals surface area (Å²) in [4.78, 5) is 25.5. The monoisotopic (exact) mass is 332 g/mol. The fourth-order valence-corrected chi connectivity index (χ4v) is 3.19. The highest BCUT2D eigenvalue weighted by molar-refractivity contribution is 5.83. The van der Waals surface area contributed by atoms with Crippen LogP contribution >= 0.6 is 0 Å². The number of carbonyl (C=O) groups is 2. The van der Waals surface area contributed by atoms with Crippen LogP contribution in [0.4, 0.5) is 0 Å². The van der Waals surface area contributed by atoms with E-state index in [4.69, 9.17) is 0 Å². The van der Waals surface area contributed by atoms with E-state index < -0.39 is 0 Å². The van der Waals surface area contributed by atoms with Crippen LogP contribution in [0.25, 0.3) is 0 Å². The fourth-order valence-electron chi connectivity index (χ4n) is 3.19. The lowest BCUT2D eigenvalue weighted by Crippen LogP contribution is -2.42. The molecule has 2 N–H and O–H groups in total. The molecule has 0 spiro atoms. The van der Waals surface area contributed by atoms with Crippen molar-refractivity contribution < 1.29 is 14.7 Å². The molecule has 24 heavy (non-hydrogen) atoms. The molecular formula is C19H28N2O3. The van der Waals surface area contributed by atoms with E-state index in [1.54, 1.807) is 4.90 Å². The smallest absolute Gasteiger partial charge is 0.239 e. The number of aliphatic hydroxyl groups excluding tert-OH is 1. The summed E-state index contributed by atoms with van der Waals surface area (Å²) in [5, 5.41) is 12.6. The highest BCUT2D eigenvalue weighted by atomic mass is 16.3. The fraction of sp³-hybridized carbons (Fsp3) is 0.579. The Hall–Kier alpha value is -1.88. The van der Waals surface area contributed by atoms with Crippen LogP contribution < -0.4 is 5.32 Å². The van der Waals surface area contributed by atoms with Gasteiger partial charge in [0.2, 0.25) is 11.8 Å². The molecule has 0 bridgehead atoms. The number of aliphatic hydroxyl groups is 1. The van der Waals surface area contributed by atoms with E-state index in [0.717, 1.165) is 37.7 Å². The minimum Gasteiger partial charge on any atom is -0.393 e. The van der Waals surface area contributed by atoms with Crippen LogP contribution in [-0.2, 0) is 16.0 Å². The number of hydrogen-bond acceptors (Lipinski definition) is 3. The molecular weight excluding hydrogens is 304 g/mol. The first-order chi connectivity index (χ1) is 11.5. The van der Waals surface area contributed by atoms with Crippen molar-refractivity contribution in [2.75, 3.05) is 19.6 Å². The second kappa shape index (κ2) is 9.42. The van der Waals surface area contributed by atoms with Gasteiger partial charge in [-0.25, -0.2) is 0 Å². The quantitative estimate of drug-likeness (QED) is 0.799. The Labute approximate surface area is 144 Å². The standard InChI is InChI=1S/C19H28N2O3/c1-15(22)21(11-10-16-6-3-2-4-7-16)14-19(24)20-13-17-8-5-9-18(23)12-17/h2-4,6-7,17-18,23H,5,8-14H2,1H3,(H,20,24). The molecule has 0 aromatic heterocycles. The lowest BCUT2D eigenvalue weighted by Gasteiger charge is -2.26. The van der Waals surface area contributed by atoms with Gasteiger partial charge in [-0.05, 0) is 37.2 Å². The van der Waals surface area contributed by atoms with Crippen molar-refractivity contribution in [1.82, 2.24) is 10.2 Å². The largest absolute Gasteiger partial charge is 0.393 e. The van der Waals surface area contributed by atoms with Gasteiger partial charge in [0.25, 0.3) is 0 Å². The zero-order chi connectivity index (χ0) is 17.4. The molecule has 1 aromatic carbocycles. The molecule has 1 fully saturated rings. The average molecular weight is 332 g/mol. The van der Waals surface area contributed by atoms with Crippen LogP contribution in [0.2, 0.25) is 0 Å². The molecule has 2 unspecified atom stereocenters. The molecule has 5 nitrogen and oxygen atoms in total. The SMILES string of the molecule is CC(=O)N(CCc1ccccc1)CC(=O)NCC1CCCC(O)C1. The average Bonchev–Trinajstić information content (AvgIpc) is 2.57. The zero-order valence-corrected chi connectivity index (χ0v) is 14.4. The van der Waals surface area contributed by atoms with Crippen molar-refractivity contribution in [3.63, 3.8) is 0 Å². The maximum Gasteiger partial charge on any atom is 0.239 e. The van der Waals surface area contributed by atoms with Gasteiger partial charge in [0, 0.05) is 20.0 Å². The van der Waals surface area contributed by atoms with Gasteiger partial charge in [0.15, 0.2) is 0 Å². The Morgan fingerprint density at radius 1 is 1.25 bits per heavy atom. The molecule has 1 aromatic rings. The van der Waals surface area contributed by atoms with E-state index >= 15 is 0 Å². The normalized spacial score (nSPS) is 20.4. The summed E-state index contributed by atoms with van der Waals surface area (Å²) in [6, 6.07) is 9.94. The highest BCUT2D eigenvalue weighted by Crippen LogP contribution is 2.23. The summed E-state index contributed by atoms with van der Waals surface area (Å²) in [6.45, 7) is 2.71. The summed E-state index contributed by atoms with van der Waals surface area (Å²) in [7, 11) is 0. The van der Waals surface area contributed by atoms with E-state index in [2.05, 4.69) is 5.32 Å². The Bertz CT molecular complexity index is 533. The number of hydrogen-bond donors (Lipinski definition) is 2. The Morgan fingerprint density at radius 2 is 2.00 bits per heavy atom. The summed E-state index contributed by atoms with van der Waals surface area (Å²) < 4.78 is 0. The molecule has 1 aliphatic rings. The summed E-state index contributed by atoms with van der Waals surface area (Å²) in [5.41, 5.74) is 1.15. The minimum absolute atomic E-state index is 0.0887. The van der Waals surface area contributed by atoms with Crippen LogP contribution in [0.1, 0.15) is 38.2 Å². The first-order valence-corrected chi connectivity index (χ1v) is 8.79. The Morgan fingerprint density at radius 3 is 2.67 bits per heavy atom. The van der Waals surface area contributed by atoms with Crippen LogP contribution in [0.3, 0.4) is 0 Å². The zero-order valence-electron chi connectivity index (χ0n) is 14.4. The third kappa shape index (κ3) is 6.32. The van der Waals surface area contributed by atoms with Gasteiger partial charge in [0.1, 0.15) is 0 Å². The van der Waals surface area contributed by atoms with E-state index in [-0.39, 0.29) is 24.5 Å². The maximum absolute atomic E-state index is 12.1. The maximum atomic E-state index is 12.1. The number of carbonyl (C=O) groups excluding carboxylic acids is 2. The summed E-state index contributed by atoms with van der Waals surface area (Å²) in [6.07, 6.45) is 4.18. The van der Waals surface area contributed by atoms with Gasteiger partial charge < -0.3 is 15.3 Å². The van der Waals surface area contributed by atoms with Gasteiger partial charge in [-0.15, -0.1) is 0 Å². The highest BCUT2D eigenvalue weighted by Gasteiger charge is 2.21. The molecule has 0 saturated heterocycles. The first kappa shape index (κ1) is 18.5. The number of amides is 2. The molecule has 2 rings (SSSR count).